The molecule has 5 aromatic carbocycles. The van der Waals surface area contributed by atoms with Crippen LogP contribution in [0.15, 0.2) is 126 Å². The van der Waals surface area contributed by atoms with Gasteiger partial charge in [0.15, 0.2) is 12.4 Å². The number of carbonyl (C=O) groups is 1. The fraction of sp³-hybridized carbons (Fsp3) is 0.205. The molecule has 29 heteroatoms. The van der Waals surface area contributed by atoms with Crippen LogP contribution in [0.5, 0.6) is 0 Å². The van der Waals surface area contributed by atoms with Crippen molar-refractivity contribution in [2.24, 2.45) is 0 Å². The molecule has 392 valence electrons. The minimum absolute atomic E-state index is 0.0868. The maximum absolute atomic E-state index is 14.2. The van der Waals surface area contributed by atoms with Crippen molar-refractivity contribution < 1.29 is 115 Å². The quantitative estimate of drug-likeness (QED) is 0.0691. The number of ketones is 1. The number of halogens is 25. The molecule has 0 saturated carbocycles. The SMILES string of the molecule is FC(F)(F)c1cc([B-](c2cc(C(F)(F)F)cc(C(F)(F)F)c2)(c2cc(C(F)(F)F)cc(C(F)(F)F)c2)c2cc(C(F)(F)F)cc(C(F)(F)F)c2)cc(C(F)(F)F)c1.O=C(C[n+]1ccncc1)c1ccc(Br)cc1. The van der Waals surface area contributed by atoms with Gasteiger partial charge in [0.1, 0.15) is 6.15 Å². The summed E-state index contributed by atoms with van der Waals surface area (Å²) in [6.07, 6.45) is -47.9. The second-order valence-corrected chi connectivity index (χ2v) is 16.5. The predicted molar refractivity (Wildman–Crippen MR) is 213 cm³/mol. The van der Waals surface area contributed by atoms with Gasteiger partial charge in [0.05, 0.1) is 56.9 Å². The summed E-state index contributed by atoms with van der Waals surface area (Å²) >= 11 is 3.34. The number of hydrogen-bond acceptors (Lipinski definition) is 2. The van der Waals surface area contributed by atoms with Gasteiger partial charge in [-0.25, -0.2) is 0 Å². The number of carbonyl (C=O) groups excluding carboxylic acids is 1. The predicted octanol–water partition coefficient (Wildman–Crippen LogP) is 13.2. The number of hydrogen-bond donors (Lipinski definition) is 0. The Morgan fingerprint density at radius 3 is 0.808 bits per heavy atom. The smallest absolute Gasteiger partial charge is 0.287 e. The van der Waals surface area contributed by atoms with Gasteiger partial charge >= 0.3 is 49.4 Å². The molecule has 0 unspecified atom stereocenters. The Labute approximate surface area is 401 Å². The van der Waals surface area contributed by atoms with Crippen molar-refractivity contribution >= 4 is 49.7 Å². The van der Waals surface area contributed by atoms with Crippen LogP contribution >= 0.6 is 15.9 Å². The summed E-state index contributed by atoms with van der Waals surface area (Å²) in [5, 5.41) is 0. The first-order chi connectivity index (χ1) is 33.0. The van der Waals surface area contributed by atoms with Crippen LogP contribution in [0.3, 0.4) is 0 Å². The average molecular weight is 1140 g/mol. The Morgan fingerprint density at radius 2 is 0.603 bits per heavy atom. The largest absolute Gasteiger partial charge is 0.416 e. The molecule has 1 heterocycles. The molecule has 6 aromatic rings. The molecule has 0 aliphatic rings. The highest BCUT2D eigenvalue weighted by molar-refractivity contribution is 9.10. The molecular formula is C44H22BBrF24N2O. The molecule has 0 spiro atoms. The summed E-state index contributed by atoms with van der Waals surface area (Å²) in [7, 11) is 0. The van der Waals surface area contributed by atoms with E-state index in [1.54, 1.807) is 29.4 Å². The number of nitrogens with zero attached hydrogens (tertiary/aromatic N) is 2. The van der Waals surface area contributed by atoms with E-state index in [1.807, 2.05) is 24.3 Å². The normalized spacial score (nSPS) is 13.4. The number of alkyl halides is 24. The Kier molecular flexibility index (Phi) is 15.7. The van der Waals surface area contributed by atoms with Crippen molar-refractivity contribution in [1.82, 2.24) is 4.98 Å². The van der Waals surface area contributed by atoms with Gasteiger partial charge in [0.2, 0.25) is 12.3 Å². The molecule has 0 radical (unpaired) electrons. The maximum Gasteiger partial charge on any atom is 0.416 e. The van der Waals surface area contributed by atoms with Gasteiger partial charge in [0.25, 0.3) is 0 Å². The van der Waals surface area contributed by atoms with E-state index in [2.05, 4.69) is 20.9 Å². The summed E-state index contributed by atoms with van der Waals surface area (Å²) in [6, 6.07) is -1.45. The molecule has 73 heavy (non-hydrogen) atoms. The molecule has 0 aliphatic heterocycles. The first kappa shape index (κ1) is 57.6. The average Bonchev–Trinajstić information content (AvgIpc) is 3.25. The van der Waals surface area contributed by atoms with Crippen LogP contribution in [0.25, 0.3) is 0 Å². The third-order valence-electron chi connectivity index (χ3n) is 10.6. The van der Waals surface area contributed by atoms with Crippen molar-refractivity contribution in [3.8, 4) is 0 Å². The zero-order valence-electron chi connectivity index (χ0n) is 35.1. The molecule has 1 aromatic heterocycles. The Balaban J connectivity index is 0.000000520. The van der Waals surface area contributed by atoms with E-state index in [1.165, 1.54) is 0 Å². The summed E-state index contributed by atoms with van der Waals surface area (Å²) < 4.78 is 344. The highest BCUT2D eigenvalue weighted by Crippen LogP contribution is 2.41. The van der Waals surface area contributed by atoms with E-state index in [0.29, 0.717) is 12.1 Å². The van der Waals surface area contributed by atoms with Crippen LogP contribution in [-0.4, -0.2) is 16.9 Å². The molecule has 3 nitrogen and oxygen atoms in total. The molecule has 0 fully saturated rings. The van der Waals surface area contributed by atoms with Crippen molar-refractivity contribution in [2.45, 2.75) is 56.0 Å². The fourth-order valence-electron chi connectivity index (χ4n) is 7.42. The number of Topliss-reactive ketones (excluding diaryl/α,β-unsaturated/α-hetero) is 1. The van der Waals surface area contributed by atoms with Gasteiger partial charge in [-0.2, -0.15) is 132 Å². The molecule has 0 atom stereocenters. The highest BCUT2D eigenvalue weighted by atomic mass is 79.9. The molecule has 0 amide bonds. The van der Waals surface area contributed by atoms with Gasteiger partial charge in [-0.15, -0.1) is 0 Å². The Hall–Kier alpha value is -6.29. The van der Waals surface area contributed by atoms with Crippen molar-refractivity contribution in [1.29, 1.82) is 0 Å². The third-order valence-corrected chi connectivity index (χ3v) is 11.1. The molecule has 6 rings (SSSR count). The Bertz CT molecular complexity index is 2510. The summed E-state index contributed by atoms with van der Waals surface area (Å²) in [5.74, 6) is 0.0868. The minimum atomic E-state index is -6.13. The Morgan fingerprint density at radius 1 is 0.384 bits per heavy atom. The number of aromatic nitrogens is 2. The van der Waals surface area contributed by atoms with E-state index in [0.717, 1.165) is 4.47 Å². The first-order valence-corrected chi connectivity index (χ1v) is 20.2. The molecule has 0 N–H and O–H groups in total. The lowest BCUT2D eigenvalue weighted by molar-refractivity contribution is -0.683. The van der Waals surface area contributed by atoms with Crippen molar-refractivity contribution in [3.05, 3.63) is 176 Å². The van der Waals surface area contributed by atoms with Crippen LogP contribution in [0.2, 0.25) is 0 Å². The highest BCUT2D eigenvalue weighted by Gasteiger charge is 2.47. The van der Waals surface area contributed by atoms with Crippen LogP contribution in [0, 0.1) is 0 Å². The number of benzene rings is 5. The van der Waals surface area contributed by atoms with Crippen LogP contribution < -0.4 is 26.4 Å². The summed E-state index contributed by atoms with van der Waals surface area (Å²) in [4.78, 5) is 15.8. The molecule has 0 aliphatic carbocycles. The number of rotatable bonds is 7. The lowest BCUT2D eigenvalue weighted by Gasteiger charge is -2.46. The molecular weight excluding hydrogens is 1120 g/mol. The summed E-state index contributed by atoms with van der Waals surface area (Å²) in [6.45, 7) is 0.337. The molecule has 0 saturated heterocycles. The van der Waals surface area contributed by atoms with Gasteiger partial charge < -0.3 is 0 Å². The van der Waals surface area contributed by atoms with Crippen LogP contribution in [0.4, 0.5) is 105 Å². The second kappa shape index (κ2) is 19.9. The lowest BCUT2D eigenvalue weighted by Crippen LogP contribution is -2.75. The van der Waals surface area contributed by atoms with Crippen LogP contribution in [0.1, 0.15) is 54.9 Å². The topological polar surface area (TPSA) is 33.8 Å². The van der Waals surface area contributed by atoms with Crippen molar-refractivity contribution in [3.63, 3.8) is 0 Å². The van der Waals surface area contributed by atoms with E-state index < -0.39 is 195 Å². The monoisotopic (exact) mass is 1140 g/mol. The lowest BCUT2D eigenvalue weighted by atomic mass is 9.12. The van der Waals surface area contributed by atoms with Crippen LogP contribution in [-0.2, 0) is 56.0 Å². The summed E-state index contributed by atoms with van der Waals surface area (Å²) in [5.41, 5.74) is -29.5. The van der Waals surface area contributed by atoms with E-state index in [-0.39, 0.29) is 5.78 Å². The van der Waals surface area contributed by atoms with E-state index in [4.69, 9.17) is 0 Å². The third kappa shape index (κ3) is 13.7. The van der Waals surface area contributed by atoms with Crippen molar-refractivity contribution in [2.75, 3.05) is 0 Å². The van der Waals surface area contributed by atoms with Gasteiger partial charge in [-0.3, -0.25) is 9.78 Å². The van der Waals surface area contributed by atoms with Gasteiger partial charge in [-0.05, 0) is 36.4 Å². The maximum atomic E-state index is 14.2. The zero-order valence-corrected chi connectivity index (χ0v) is 36.7. The van der Waals surface area contributed by atoms with Gasteiger partial charge in [-0.1, -0.05) is 76.6 Å². The second-order valence-electron chi connectivity index (χ2n) is 15.6. The van der Waals surface area contributed by atoms with E-state index in [9.17, 15) is 110 Å². The minimum Gasteiger partial charge on any atom is -0.287 e. The van der Waals surface area contributed by atoms with E-state index >= 15 is 0 Å². The zero-order chi connectivity index (χ0) is 55.3. The standard InChI is InChI=1S/C32H12BF24.C12H10BrN2O/c34-25(35,36)13-1-14(26(37,38)39)6-21(5-13)33(22-7-15(27(40,41)42)2-16(8-22)28(43,44)45,23-9-17(29(46,47)48)3-18(10-23)30(49,50)51)24-11-19(31(52,53)54)4-20(12-24)32(55,56)57;13-11-3-1-10(2-4-11)12(16)9-15-7-5-14-6-8-15/h1-12H;1-8H,9H2/q-1;+1. The molecule has 0 bridgehead atoms. The fourth-order valence-corrected chi connectivity index (χ4v) is 7.68. The first-order valence-electron chi connectivity index (χ1n) is 19.5. The van der Waals surface area contributed by atoms with Gasteiger partial charge in [0, 0.05) is 10.0 Å².